The van der Waals surface area contributed by atoms with E-state index < -0.39 is 18.0 Å². The molecule has 0 radical (unpaired) electrons. The number of hydrogen-bond donors (Lipinski definition) is 3. The monoisotopic (exact) mass is 276 g/mol. The van der Waals surface area contributed by atoms with E-state index in [-0.39, 0.29) is 5.54 Å². The zero-order valence-electron chi connectivity index (χ0n) is 11.7. The fourth-order valence-electron chi connectivity index (χ4n) is 2.30. The third kappa shape index (κ3) is 3.50. The summed E-state index contributed by atoms with van der Waals surface area (Å²) < 4.78 is 0. The highest BCUT2D eigenvalue weighted by atomic mass is 16.4. The van der Waals surface area contributed by atoms with Crippen molar-refractivity contribution in [3.63, 3.8) is 0 Å². The molecule has 1 saturated carbocycles. The van der Waals surface area contributed by atoms with Crippen LogP contribution in [0.5, 0.6) is 0 Å². The van der Waals surface area contributed by atoms with Crippen LogP contribution in [0.4, 0.5) is 4.79 Å². The van der Waals surface area contributed by atoms with Crippen LogP contribution in [0.2, 0.25) is 0 Å². The quantitative estimate of drug-likeness (QED) is 0.772. The Morgan fingerprint density at radius 3 is 2.35 bits per heavy atom. The number of rotatable bonds is 5. The average Bonchev–Trinajstić information content (AvgIpc) is 3.20. The number of benzene rings is 1. The summed E-state index contributed by atoms with van der Waals surface area (Å²) in [6.45, 7) is 3.92. The molecule has 0 unspecified atom stereocenters. The third-order valence-electron chi connectivity index (χ3n) is 3.69. The lowest BCUT2D eigenvalue weighted by atomic mass is 9.99. The topological polar surface area (TPSA) is 78.4 Å². The van der Waals surface area contributed by atoms with Crippen molar-refractivity contribution in [3.05, 3.63) is 35.9 Å². The molecule has 1 fully saturated rings. The SMILES string of the molecule is CC(C)(NC(=O)N[C@@H](C(=O)O)c1ccccc1)C1CC1. The average molecular weight is 276 g/mol. The number of hydrogen-bond acceptors (Lipinski definition) is 2. The van der Waals surface area contributed by atoms with Crippen molar-refractivity contribution in [2.24, 2.45) is 5.92 Å². The van der Waals surface area contributed by atoms with Gasteiger partial charge >= 0.3 is 12.0 Å². The summed E-state index contributed by atoms with van der Waals surface area (Å²) >= 11 is 0. The van der Waals surface area contributed by atoms with Crippen LogP contribution in [0.25, 0.3) is 0 Å². The van der Waals surface area contributed by atoms with Crippen LogP contribution in [0.1, 0.15) is 38.3 Å². The number of carbonyl (C=O) groups excluding carboxylic acids is 1. The van der Waals surface area contributed by atoms with Gasteiger partial charge in [0.1, 0.15) is 0 Å². The van der Waals surface area contributed by atoms with Gasteiger partial charge in [0.15, 0.2) is 6.04 Å². The van der Waals surface area contributed by atoms with Gasteiger partial charge in [-0.15, -0.1) is 0 Å². The standard InChI is InChI=1S/C15H20N2O3/c1-15(2,11-8-9-11)17-14(20)16-12(13(18)19)10-6-4-3-5-7-10/h3-7,11-12H,8-9H2,1-2H3,(H,18,19)(H2,16,17,20)/t12-/m1/s1. The summed E-state index contributed by atoms with van der Waals surface area (Å²) in [6, 6.07) is 7.19. The van der Waals surface area contributed by atoms with Crippen molar-refractivity contribution in [2.45, 2.75) is 38.3 Å². The van der Waals surface area contributed by atoms with E-state index in [2.05, 4.69) is 10.6 Å². The Morgan fingerprint density at radius 2 is 1.85 bits per heavy atom. The van der Waals surface area contributed by atoms with Crippen LogP contribution in [-0.4, -0.2) is 22.6 Å². The van der Waals surface area contributed by atoms with E-state index in [1.165, 1.54) is 0 Å². The van der Waals surface area contributed by atoms with Crippen LogP contribution in [0.3, 0.4) is 0 Å². The van der Waals surface area contributed by atoms with Gasteiger partial charge in [-0.25, -0.2) is 9.59 Å². The Labute approximate surface area is 118 Å². The lowest BCUT2D eigenvalue weighted by Gasteiger charge is -2.27. The zero-order chi connectivity index (χ0) is 14.8. The van der Waals surface area contributed by atoms with Crippen molar-refractivity contribution >= 4 is 12.0 Å². The van der Waals surface area contributed by atoms with Crippen LogP contribution in [0, 0.1) is 5.92 Å². The van der Waals surface area contributed by atoms with Gasteiger partial charge in [0.2, 0.25) is 0 Å². The van der Waals surface area contributed by atoms with E-state index in [1.807, 2.05) is 13.8 Å². The molecule has 0 saturated heterocycles. The number of aliphatic carboxylic acids is 1. The summed E-state index contributed by atoms with van der Waals surface area (Å²) in [5.74, 6) is -0.594. The molecule has 3 N–H and O–H groups in total. The Bertz CT molecular complexity index is 495. The number of urea groups is 1. The van der Waals surface area contributed by atoms with Gasteiger partial charge in [0, 0.05) is 5.54 Å². The molecule has 108 valence electrons. The number of carboxylic acids is 1. The highest BCUT2D eigenvalue weighted by Gasteiger charge is 2.39. The molecule has 2 rings (SSSR count). The van der Waals surface area contributed by atoms with E-state index in [4.69, 9.17) is 0 Å². The second-order valence-electron chi connectivity index (χ2n) is 5.78. The predicted molar refractivity (Wildman–Crippen MR) is 75.3 cm³/mol. The molecule has 1 aromatic carbocycles. The van der Waals surface area contributed by atoms with E-state index in [0.29, 0.717) is 11.5 Å². The maximum Gasteiger partial charge on any atom is 0.330 e. The lowest BCUT2D eigenvalue weighted by molar-refractivity contribution is -0.139. The summed E-state index contributed by atoms with van der Waals surface area (Å²) in [4.78, 5) is 23.3. The third-order valence-corrected chi connectivity index (χ3v) is 3.69. The van der Waals surface area contributed by atoms with E-state index in [0.717, 1.165) is 12.8 Å². The first kappa shape index (κ1) is 14.4. The lowest BCUT2D eigenvalue weighted by Crippen LogP contribution is -2.51. The number of amides is 2. The van der Waals surface area contributed by atoms with Gasteiger partial charge in [0.25, 0.3) is 0 Å². The minimum Gasteiger partial charge on any atom is -0.479 e. The number of carbonyl (C=O) groups is 2. The Balaban J connectivity index is 2.01. The molecular weight excluding hydrogens is 256 g/mol. The molecule has 2 amide bonds. The molecule has 0 bridgehead atoms. The van der Waals surface area contributed by atoms with Crippen molar-refractivity contribution in [3.8, 4) is 0 Å². The van der Waals surface area contributed by atoms with Gasteiger partial charge in [-0.3, -0.25) is 0 Å². The fourth-order valence-corrected chi connectivity index (χ4v) is 2.30. The summed E-state index contributed by atoms with van der Waals surface area (Å²) in [5, 5.41) is 14.6. The maximum atomic E-state index is 12.0. The highest BCUT2D eigenvalue weighted by Crippen LogP contribution is 2.39. The van der Waals surface area contributed by atoms with Gasteiger partial charge in [-0.2, -0.15) is 0 Å². The van der Waals surface area contributed by atoms with Gasteiger partial charge < -0.3 is 15.7 Å². The van der Waals surface area contributed by atoms with Gasteiger partial charge in [-0.1, -0.05) is 30.3 Å². The van der Waals surface area contributed by atoms with Crippen LogP contribution < -0.4 is 10.6 Å². The highest BCUT2D eigenvalue weighted by molar-refractivity contribution is 5.84. The molecule has 20 heavy (non-hydrogen) atoms. The maximum absolute atomic E-state index is 12.0. The molecule has 1 atom stereocenters. The normalized spacial score (nSPS) is 16.3. The van der Waals surface area contributed by atoms with E-state index in [9.17, 15) is 14.7 Å². The Morgan fingerprint density at radius 1 is 1.25 bits per heavy atom. The summed E-state index contributed by atoms with van der Waals surface area (Å²) in [6.07, 6.45) is 2.21. The molecular formula is C15H20N2O3. The van der Waals surface area contributed by atoms with Crippen molar-refractivity contribution in [1.29, 1.82) is 0 Å². The molecule has 5 heteroatoms. The molecule has 0 spiro atoms. The Hall–Kier alpha value is -2.04. The smallest absolute Gasteiger partial charge is 0.330 e. The minimum absolute atomic E-state index is 0.302. The van der Waals surface area contributed by atoms with Crippen LogP contribution >= 0.6 is 0 Å². The number of carboxylic acid groups (broad SMARTS) is 1. The van der Waals surface area contributed by atoms with Gasteiger partial charge in [0.05, 0.1) is 0 Å². The molecule has 0 aliphatic heterocycles. The molecule has 1 aliphatic carbocycles. The molecule has 0 aromatic heterocycles. The minimum atomic E-state index is -1.07. The molecule has 5 nitrogen and oxygen atoms in total. The second-order valence-corrected chi connectivity index (χ2v) is 5.78. The molecule has 1 aliphatic rings. The Kier molecular flexibility index (Phi) is 3.97. The zero-order valence-corrected chi connectivity index (χ0v) is 11.7. The fraction of sp³-hybridized carbons (Fsp3) is 0.467. The predicted octanol–water partition coefficient (Wildman–Crippen LogP) is 2.30. The first-order valence-corrected chi connectivity index (χ1v) is 6.76. The van der Waals surface area contributed by atoms with Crippen molar-refractivity contribution in [2.75, 3.05) is 0 Å². The molecule has 1 aromatic rings. The van der Waals surface area contributed by atoms with Crippen molar-refractivity contribution < 1.29 is 14.7 Å². The summed E-state index contributed by atoms with van der Waals surface area (Å²) in [7, 11) is 0. The van der Waals surface area contributed by atoms with Crippen LogP contribution in [-0.2, 0) is 4.79 Å². The van der Waals surface area contributed by atoms with E-state index in [1.54, 1.807) is 30.3 Å². The first-order chi connectivity index (χ1) is 9.40. The second kappa shape index (κ2) is 5.53. The van der Waals surface area contributed by atoms with Crippen LogP contribution in [0.15, 0.2) is 30.3 Å². The molecule has 0 heterocycles. The van der Waals surface area contributed by atoms with Gasteiger partial charge in [-0.05, 0) is 38.2 Å². The summed E-state index contributed by atoms with van der Waals surface area (Å²) in [5.41, 5.74) is 0.253. The number of nitrogens with one attached hydrogen (secondary N) is 2. The first-order valence-electron chi connectivity index (χ1n) is 6.76. The van der Waals surface area contributed by atoms with Crippen molar-refractivity contribution in [1.82, 2.24) is 10.6 Å². The largest absolute Gasteiger partial charge is 0.479 e. The van der Waals surface area contributed by atoms with E-state index >= 15 is 0 Å².